The van der Waals surface area contributed by atoms with Crippen molar-refractivity contribution in [3.05, 3.63) is 0 Å². The Hall–Kier alpha value is -0.0800. The molecule has 2 heteroatoms. The summed E-state index contributed by atoms with van der Waals surface area (Å²) in [6, 6.07) is 0.686. The molecule has 0 aliphatic heterocycles. The van der Waals surface area contributed by atoms with Crippen LogP contribution in [-0.2, 0) is 0 Å². The first-order chi connectivity index (χ1) is 6.99. The fraction of sp³-hybridized carbons (Fsp3) is 1.00. The first-order valence-electron chi connectivity index (χ1n) is 6.41. The maximum atomic E-state index is 9.18. The molecule has 0 aromatic carbocycles. The predicted molar refractivity (Wildman–Crippen MR) is 65.0 cm³/mol. The Bertz CT molecular complexity index is 177. The quantitative estimate of drug-likeness (QED) is 0.704. The second-order valence-corrected chi connectivity index (χ2v) is 5.88. The van der Waals surface area contributed by atoms with Crippen molar-refractivity contribution in [3.63, 3.8) is 0 Å². The molecule has 1 saturated carbocycles. The highest BCUT2D eigenvalue weighted by Gasteiger charge is 2.23. The second kappa shape index (κ2) is 5.86. The van der Waals surface area contributed by atoms with Crippen molar-refractivity contribution in [2.24, 2.45) is 5.41 Å². The number of nitrogens with one attached hydrogen (secondary N) is 1. The SMILES string of the molecule is CC(O)CCNC1CCCC(C)(C)CC1. The molecule has 15 heavy (non-hydrogen) atoms. The third-order valence-electron chi connectivity index (χ3n) is 3.57. The summed E-state index contributed by atoms with van der Waals surface area (Å²) < 4.78 is 0. The second-order valence-electron chi connectivity index (χ2n) is 5.88. The van der Waals surface area contributed by atoms with Gasteiger partial charge in [-0.2, -0.15) is 0 Å². The lowest BCUT2D eigenvalue weighted by molar-refractivity contribution is 0.181. The highest BCUT2D eigenvalue weighted by atomic mass is 16.3. The van der Waals surface area contributed by atoms with E-state index in [1.165, 1.54) is 32.1 Å². The first-order valence-corrected chi connectivity index (χ1v) is 6.41. The van der Waals surface area contributed by atoms with Gasteiger partial charge in [-0.1, -0.05) is 20.3 Å². The summed E-state index contributed by atoms with van der Waals surface area (Å²) in [5.74, 6) is 0. The third kappa shape index (κ3) is 5.53. The summed E-state index contributed by atoms with van der Waals surface area (Å²) in [5.41, 5.74) is 0.542. The molecule has 1 aliphatic rings. The molecular formula is C13H27NO. The Morgan fingerprint density at radius 2 is 2.07 bits per heavy atom. The Morgan fingerprint density at radius 1 is 1.33 bits per heavy atom. The molecule has 0 amide bonds. The van der Waals surface area contributed by atoms with Crippen LogP contribution in [0.4, 0.5) is 0 Å². The van der Waals surface area contributed by atoms with Crippen LogP contribution in [0.25, 0.3) is 0 Å². The average Bonchev–Trinajstić information content (AvgIpc) is 2.27. The fourth-order valence-electron chi connectivity index (χ4n) is 2.36. The van der Waals surface area contributed by atoms with Crippen LogP contribution < -0.4 is 5.32 Å². The minimum atomic E-state index is -0.167. The summed E-state index contributed by atoms with van der Waals surface area (Å²) in [6.45, 7) is 7.58. The Kier molecular flexibility index (Phi) is 5.07. The maximum absolute atomic E-state index is 9.18. The van der Waals surface area contributed by atoms with Gasteiger partial charge in [0.15, 0.2) is 0 Å². The van der Waals surface area contributed by atoms with Crippen LogP contribution in [0.15, 0.2) is 0 Å². The van der Waals surface area contributed by atoms with Crippen LogP contribution >= 0.6 is 0 Å². The Balaban J connectivity index is 2.20. The summed E-state index contributed by atoms with van der Waals surface area (Å²) in [5, 5.41) is 12.8. The molecule has 0 aromatic heterocycles. The zero-order valence-electron chi connectivity index (χ0n) is 10.6. The van der Waals surface area contributed by atoms with Crippen LogP contribution in [-0.4, -0.2) is 23.8 Å². The topological polar surface area (TPSA) is 32.3 Å². The standard InChI is InChI=1S/C13H27NO/c1-11(15)7-10-14-12-5-4-8-13(2,3)9-6-12/h11-12,14-15H,4-10H2,1-3H3. The Morgan fingerprint density at radius 3 is 2.73 bits per heavy atom. The highest BCUT2D eigenvalue weighted by molar-refractivity contribution is 4.79. The van der Waals surface area contributed by atoms with Crippen LogP contribution in [0.5, 0.6) is 0 Å². The van der Waals surface area contributed by atoms with Gasteiger partial charge in [0.25, 0.3) is 0 Å². The van der Waals surface area contributed by atoms with Crippen molar-refractivity contribution in [1.82, 2.24) is 5.32 Å². The van der Waals surface area contributed by atoms with Gasteiger partial charge in [0.2, 0.25) is 0 Å². The van der Waals surface area contributed by atoms with E-state index in [2.05, 4.69) is 19.2 Å². The molecule has 2 unspecified atom stereocenters. The van der Waals surface area contributed by atoms with Crippen molar-refractivity contribution in [2.45, 2.75) is 71.4 Å². The molecule has 1 aliphatic carbocycles. The van der Waals surface area contributed by atoms with Gasteiger partial charge in [0.05, 0.1) is 6.10 Å². The smallest absolute Gasteiger partial charge is 0.0524 e. The van der Waals surface area contributed by atoms with Crippen molar-refractivity contribution in [2.75, 3.05) is 6.54 Å². The summed E-state index contributed by atoms with van der Waals surface area (Å²) in [7, 11) is 0. The lowest BCUT2D eigenvalue weighted by Crippen LogP contribution is -2.31. The minimum Gasteiger partial charge on any atom is -0.393 e. The lowest BCUT2D eigenvalue weighted by Gasteiger charge is -2.22. The molecule has 0 aromatic rings. The molecule has 2 atom stereocenters. The van der Waals surface area contributed by atoms with Crippen LogP contribution in [0, 0.1) is 5.41 Å². The number of hydrogen-bond donors (Lipinski definition) is 2. The van der Waals surface area contributed by atoms with Crippen molar-refractivity contribution < 1.29 is 5.11 Å². The van der Waals surface area contributed by atoms with Crippen molar-refractivity contribution in [1.29, 1.82) is 0 Å². The van der Waals surface area contributed by atoms with Gasteiger partial charge in [-0.25, -0.2) is 0 Å². The van der Waals surface area contributed by atoms with Gasteiger partial charge >= 0.3 is 0 Å². The average molecular weight is 213 g/mol. The molecule has 2 N–H and O–H groups in total. The van der Waals surface area contributed by atoms with Crippen LogP contribution in [0.1, 0.15) is 59.3 Å². The maximum Gasteiger partial charge on any atom is 0.0524 e. The van der Waals surface area contributed by atoms with Crippen LogP contribution in [0.2, 0.25) is 0 Å². The molecule has 0 heterocycles. The first kappa shape index (κ1) is 13.0. The van der Waals surface area contributed by atoms with Crippen molar-refractivity contribution in [3.8, 4) is 0 Å². The van der Waals surface area contributed by atoms with Gasteiger partial charge < -0.3 is 10.4 Å². The summed E-state index contributed by atoms with van der Waals surface area (Å²) >= 11 is 0. The van der Waals surface area contributed by atoms with E-state index in [0.717, 1.165) is 13.0 Å². The van der Waals surface area contributed by atoms with E-state index in [1.54, 1.807) is 0 Å². The summed E-state index contributed by atoms with van der Waals surface area (Å²) in [6.07, 6.45) is 7.36. The lowest BCUT2D eigenvalue weighted by atomic mass is 9.85. The predicted octanol–water partition coefficient (Wildman–Crippen LogP) is 2.71. The van der Waals surface area contributed by atoms with Gasteiger partial charge in [0, 0.05) is 6.04 Å². The van der Waals surface area contributed by atoms with Crippen molar-refractivity contribution >= 4 is 0 Å². The van der Waals surface area contributed by atoms with E-state index in [0.29, 0.717) is 11.5 Å². The normalized spacial score (nSPS) is 28.4. The zero-order chi connectivity index (χ0) is 11.3. The largest absolute Gasteiger partial charge is 0.393 e. The molecule has 0 radical (unpaired) electrons. The van der Waals surface area contributed by atoms with E-state index in [1.807, 2.05) is 6.92 Å². The number of rotatable bonds is 4. The molecule has 0 saturated heterocycles. The number of hydrogen-bond acceptors (Lipinski definition) is 2. The van der Waals surface area contributed by atoms with E-state index >= 15 is 0 Å². The van der Waals surface area contributed by atoms with Crippen LogP contribution in [0.3, 0.4) is 0 Å². The number of aliphatic hydroxyl groups excluding tert-OH is 1. The van der Waals surface area contributed by atoms with E-state index in [-0.39, 0.29) is 6.10 Å². The molecule has 1 rings (SSSR count). The molecule has 2 nitrogen and oxygen atoms in total. The number of aliphatic hydroxyl groups is 1. The molecule has 1 fully saturated rings. The van der Waals surface area contributed by atoms with E-state index in [9.17, 15) is 5.11 Å². The molecule has 90 valence electrons. The van der Waals surface area contributed by atoms with Gasteiger partial charge in [0.1, 0.15) is 0 Å². The van der Waals surface area contributed by atoms with E-state index < -0.39 is 0 Å². The van der Waals surface area contributed by atoms with E-state index in [4.69, 9.17) is 0 Å². The third-order valence-corrected chi connectivity index (χ3v) is 3.57. The Labute approximate surface area is 94.5 Å². The highest BCUT2D eigenvalue weighted by Crippen LogP contribution is 2.33. The fourth-order valence-corrected chi connectivity index (χ4v) is 2.36. The van der Waals surface area contributed by atoms with Gasteiger partial charge in [-0.3, -0.25) is 0 Å². The molecule has 0 spiro atoms. The monoisotopic (exact) mass is 213 g/mol. The zero-order valence-corrected chi connectivity index (χ0v) is 10.6. The van der Waals surface area contributed by atoms with Gasteiger partial charge in [-0.15, -0.1) is 0 Å². The molecular weight excluding hydrogens is 186 g/mol. The minimum absolute atomic E-state index is 0.167. The summed E-state index contributed by atoms with van der Waals surface area (Å²) in [4.78, 5) is 0. The molecule has 0 bridgehead atoms. The van der Waals surface area contributed by atoms with Gasteiger partial charge in [-0.05, 0) is 51.0 Å².